The van der Waals surface area contributed by atoms with E-state index in [2.05, 4.69) is 66.8 Å². The molecule has 22 heavy (non-hydrogen) atoms. The molecular weight excluding hydrogens is 266 g/mol. The summed E-state index contributed by atoms with van der Waals surface area (Å²) in [6, 6.07) is 10.6. The molecule has 0 aromatic heterocycles. The van der Waals surface area contributed by atoms with Gasteiger partial charge in [-0.3, -0.25) is 0 Å². The van der Waals surface area contributed by atoms with Crippen molar-refractivity contribution in [3.05, 3.63) is 89.6 Å². The highest BCUT2D eigenvalue weighted by molar-refractivity contribution is 5.83. The molecule has 1 atom stereocenters. The van der Waals surface area contributed by atoms with Crippen LogP contribution in [0.25, 0.3) is 5.57 Å². The topological polar surface area (TPSA) is 23.9 Å². The van der Waals surface area contributed by atoms with Crippen molar-refractivity contribution in [2.24, 2.45) is 5.92 Å². The number of rotatable bonds is 4. The van der Waals surface area contributed by atoms with Gasteiger partial charge < -0.3 is 5.41 Å². The van der Waals surface area contributed by atoms with Gasteiger partial charge in [-0.2, -0.15) is 0 Å². The fraction of sp³-hybridized carbons (Fsp3) is 0.190. The maximum Gasteiger partial charge on any atom is 0.0246 e. The van der Waals surface area contributed by atoms with E-state index >= 15 is 0 Å². The van der Waals surface area contributed by atoms with Gasteiger partial charge in [0.25, 0.3) is 0 Å². The second kappa shape index (κ2) is 7.04. The van der Waals surface area contributed by atoms with E-state index in [0.717, 1.165) is 24.8 Å². The molecule has 0 spiro atoms. The summed E-state index contributed by atoms with van der Waals surface area (Å²) in [6.07, 6.45) is 20.2. The Kier molecular flexibility index (Phi) is 4.65. The van der Waals surface area contributed by atoms with Crippen molar-refractivity contribution in [1.29, 1.82) is 5.41 Å². The Morgan fingerprint density at radius 1 is 1.05 bits per heavy atom. The van der Waals surface area contributed by atoms with E-state index in [4.69, 9.17) is 5.41 Å². The normalized spacial score (nSPS) is 21.3. The number of benzene rings is 1. The zero-order chi connectivity index (χ0) is 15.2. The summed E-state index contributed by atoms with van der Waals surface area (Å²) in [6.45, 7) is 0. The Bertz CT molecular complexity index is 684. The second-order valence-corrected chi connectivity index (χ2v) is 5.69. The van der Waals surface area contributed by atoms with Gasteiger partial charge in [0, 0.05) is 6.21 Å². The summed E-state index contributed by atoms with van der Waals surface area (Å²) >= 11 is 0. The molecule has 0 saturated carbocycles. The van der Waals surface area contributed by atoms with Crippen LogP contribution in [-0.2, 0) is 0 Å². The summed E-state index contributed by atoms with van der Waals surface area (Å²) < 4.78 is 0. The average molecular weight is 287 g/mol. The Labute approximate surface area is 132 Å². The number of hydrogen-bond donors (Lipinski definition) is 1. The molecule has 0 radical (unpaired) electrons. The van der Waals surface area contributed by atoms with Crippen molar-refractivity contribution in [2.45, 2.75) is 19.3 Å². The third-order valence-corrected chi connectivity index (χ3v) is 4.10. The summed E-state index contributed by atoms with van der Waals surface area (Å²) in [5.74, 6) is 0.398. The molecule has 0 fully saturated rings. The average Bonchev–Trinajstić information content (AvgIpc) is 2.62. The second-order valence-electron chi connectivity index (χ2n) is 5.69. The Morgan fingerprint density at radius 3 is 2.55 bits per heavy atom. The van der Waals surface area contributed by atoms with Gasteiger partial charge in [0.15, 0.2) is 0 Å². The van der Waals surface area contributed by atoms with E-state index in [1.54, 1.807) is 0 Å². The van der Waals surface area contributed by atoms with Gasteiger partial charge >= 0.3 is 0 Å². The summed E-state index contributed by atoms with van der Waals surface area (Å²) in [5.41, 5.74) is 4.92. The van der Waals surface area contributed by atoms with Crippen molar-refractivity contribution in [2.75, 3.05) is 0 Å². The molecular formula is C21H21N. The quantitative estimate of drug-likeness (QED) is 0.707. The Balaban J connectivity index is 1.93. The molecule has 1 aromatic carbocycles. The van der Waals surface area contributed by atoms with E-state index in [0.29, 0.717) is 5.92 Å². The van der Waals surface area contributed by atoms with Crippen LogP contribution in [0.2, 0.25) is 0 Å². The molecule has 1 nitrogen and oxygen atoms in total. The van der Waals surface area contributed by atoms with Crippen LogP contribution >= 0.6 is 0 Å². The minimum Gasteiger partial charge on any atom is -0.308 e. The molecule has 1 unspecified atom stereocenters. The van der Waals surface area contributed by atoms with Crippen molar-refractivity contribution in [3.8, 4) is 0 Å². The first-order valence-electron chi connectivity index (χ1n) is 7.90. The third-order valence-electron chi connectivity index (χ3n) is 4.10. The van der Waals surface area contributed by atoms with Gasteiger partial charge in [-0.1, -0.05) is 72.9 Å². The van der Waals surface area contributed by atoms with Crippen molar-refractivity contribution >= 4 is 11.8 Å². The lowest BCUT2D eigenvalue weighted by Gasteiger charge is -2.17. The fourth-order valence-corrected chi connectivity index (χ4v) is 2.89. The molecule has 1 heteroatoms. The van der Waals surface area contributed by atoms with Gasteiger partial charge in [0.05, 0.1) is 0 Å². The van der Waals surface area contributed by atoms with Crippen LogP contribution in [0, 0.1) is 11.3 Å². The number of nitrogens with one attached hydrogen (secondary N) is 1. The van der Waals surface area contributed by atoms with Crippen molar-refractivity contribution < 1.29 is 0 Å². The lowest BCUT2D eigenvalue weighted by atomic mass is 9.88. The molecule has 3 rings (SSSR count). The highest BCUT2D eigenvalue weighted by Gasteiger charge is 2.11. The maximum atomic E-state index is 7.32. The van der Waals surface area contributed by atoms with Crippen molar-refractivity contribution in [1.82, 2.24) is 0 Å². The van der Waals surface area contributed by atoms with E-state index in [1.165, 1.54) is 22.9 Å². The van der Waals surface area contributed by atoms with Gasteiger partial charge in [-0.05, 0) is 47.5 Å². The highest BCUT2D eigenvalue weighted by atomic mass is 14.3. The zero-order valence-corrected chi connectivity index (χ0v) is 12.7. The summed E-state index contributed by atoms with van der Waals surface area (Å²) in [5, 5.41) is 7.32. The van der Waals surface area contributed by atoms with Crippen LogP contribution in [0.1, 0.15) is 24.8 Å². The van der Waals surface area contributed by atoms with E-state index < -0.39 is 0 Å². The van der Waals surface area contributed by atoms with Crippen LogP contribution in [0.3, 0.4) is 0 Å². The maximum absolute atomic E-state index is 7.32. The smallest absolute Gasteiger partial charge is 0.0246 e. The van der Waals surface area contributed by atoms with Gasteiger partial charge in [-0.25, -0.2) is 0 Å². The fourth-order valence-electron chi connectivity index (χ4n) is 2.89. The lowest BCUT2D eigenvalue weighted by Crippen LogP contribution is -2.00. The molecule has 1 aromatic rings. The molecule has 0 bridgehead atoms. The molecule has 0 saturated heterocycles. The SMILES string of the molecule is N=CC1=CCC(/C=C(/C2=CCCC=C2)c2ccccc2)C=C1. The predicted octanol–water partition coefficient (Wildman–Crippen LogP) is 5.50. The molecule has 2 aliphatic carbocycles. The van der Waals surface area contributed by atoms with Gasteiger partial charge in [0.2, 0.25) is 0 Å². The Hall–Kier alpha value is -2.41. The monoisotopic (exact) mass is 287 g/mol. The van der Waals surface area contributed by atoms with Gasteiger partial charge in [-0.15, -0.1) is 0 Å². The first kappa shape index (κ1) is 14.5. The minimum absolute atomic E-state index is 0.398. The summed E-state index contributed by atoms with van der Waals surface area (Å²) in [7, 11) is 0. The molecule has 110 valence electrons. The van der Waals surface area contributed by atoms with E-state index in [1.807, 2.05) is 6.08 Å². The third kappa shape index (κ3) is 3.43. The highest BCUT2D eigenvalue weighted by Crippen LogP contribution is 2.30. The summed E-state index contributed by atoms with van der Waals surface area (Å²) in [4.78, 5) is 0. The molecule has 0 aliphatic heterocycles. The molecule has 1 N–H and O–H groups in total. The largest absolute Gasteiger partial charge is 0.308 e. The first-order chi connectivity index (χ1) is 10.9. The number of hydrogen-bond acceptors (Lipinski definition) is 1. The van der Waals surface area contributed by atoms with Crippen LogP contribution in [0.15, 0.2) is 84.0 Å². The standard InChI is InChI=1S/C21H21N/c22-16-18-13-11-17(12-14-18)15-21(19-7-3-1-4-8-19)20-9-5-2-6-10-20/h1,3-5,7-11,13-17,22H,2,6,12H2/b21-15+,22-16?. The predicted molar refractivity (Wildman–Crippen MR) is 95.0 cm³/mol. The van der Waals surface area contributed by atoms with E-state index in [-0.39, 0.29) is 0 Å². The zero-order valence-electron chi connectivity index (χ0n) is 12.7. The van der Waals surface area contributed by atoms with Gasteiger partial charge in [0.1, 0.15) is 0 Å². The van der Waals surface area contributed by atoms with Crippen LogP contribution < -0.4 is 0 Å². The van der Waals surface area contributed by atoms with Crippen molar-refractivity contribution in [3.63, 3.8) is 0 Å². The molecule has 2 aliphatic rings. The van der Waals surface area contributed by atoms with Crippen LogP contribution in [0.5, 0.6) is 0 Å². The Morgan fingerprint density at radius 2 is 1.91 bits per heavy atom. The van der Waals surface area contributed by atoms with Crippen LogP contribution in [0.4, 0.5) is 0 Å². The molecule has 0 heterocycles. The number of allylic oxidation sites excluding steroid dienone is 10. The molecule has 0 amide bonds. The van der Waals surface area contributed by atoms with E-state index in [9.17, 15) is 0 Å². The van der Waals surface area contributed by atoms with Crippen LogP contribution in [-0.4, -0.2) is 6.21 Å². The first-order valence-corrected chi connectivity index (χ1v) is 7.90. The minimum atomic E-state index is 0.398. The lowest BCUT2D eigenvalue weighted by molar-refractivity contribution is 0.820.